The predicted octanol–water partition coefficient (Wildman–Crippen LogP) is 5.78. The highest BCUT2D eigenvalue weighted by Gasteiger charge is 2.37. The van der Waals surface area contributed by atoms with Gasteiger partial charge in [-0.05, 0) is 41.7 Å². The van der Waals surface area contributed by atoms with E-state index in [1.165, 1.54) is 12.1 Å². The van der Waals surface area contributed by atoms with Crippen molar-refractivity contribution >= 4 is 5.97 Å². The summed E-state index contributed by atoms with van der Waals surface area (Å²) in [5.41, 5.74) is 2.23. The first-order valence-corrected chi connectivity index (χ1v) is 10.6. The normalized spacial score (nSPS) is 19.0. The Morgan fingerprint density at radius 2 is 1.94 bits per heavy atom. The van der Waals surface area contributed by atoms with Crippen molar-refractivity contribution < 1.29 is 32.5 Å². The van der Waals surface area contributed by atoms with Crippen LogP contribution >= 0.6 is 0 Å². The van der Waals surface area contributed by atoms with Crippen molar-refractivity contribution in [3.05, 3.63) is 77.1 Å². The van der Waals surface area contributed by atoms with E-state index in [0.717, 1.165) is 22.9 Å². The topological polar surface area (TPSA) is 68.7 Å². The van der Waals surface area contributed by atoms with Gasteiger partial charge in [-0.2, -0.15) is 13.2 Å². The van der Waals surface area contributed by atoms with Crippen molar-refractivity contribution in [3.8, 4) is 22.6 Å². The minimum Gasteiger partial charge on any atom is -0.492 e. The molecule has 5 nitrogen and oxygen atoms in total. The van der Waals surface area contributed by atoms with Crippen molar-refractivity contribution in [1.82, 2.24) is 4.98 Å². The van der Waals surface area contributed by atoms with E-state index in [1.807, 2.05) is 12.1 Å². The summed E-state index contributed by atoms with van der Waals surface area (Å²) in [5, 5.41) is 9.06. The molecule has 1 N–H and O–H groups in total. The fourth-order valence-corrected chi connectivity index (χ4v) is 4.71. The number of carbonyl (C=O) groups is 1. The van der Waals surface area contributed by atoms with Crippen molar-refractivity contribution in [3.63, 3.8) is 0 Å². The van der Waals surface area contributed by atoms with Gasteiger partial charge in [-0.15, -0.1) is 0 Å². The number of fused-ring (bicyclic) bond motifs is 2. The molecule has 0 fully saturated rings. The van der Waals surface area contributed by atoms with Crippen LogP contribution in [0.15, 0.2) is 54.7 Å². The lowest BCUT2D eigenvalue weighted by Crippen LogP contribution is -2.10. The second kappa shape index (κ2) is 8.10. The molecule has 5 rings (SSSR count). The molecule has 8 heteroatoms. The standard InChI is InChI=1S/C25H20F3NO4/c26-25(27,28)24-20(5-2-10-29-24)17-3-1-4-19-18(17)8-9-21(19)33-15-6-7-16-14(11-23(30)31)13-32-22(16)12-15/h1-7,10,12,14,21H,8-9,11,13H2,(H,30,31). The van der Waals surface area contributed by atoms with Crippen LogP contribution in [-0.4, -0.2) is 22.7 Å². The van der Waals surface area contributed by atoms with Gasteiger partial charge in [0.15, 0.2) is 5.69 Å². The third kappa shape index (κ3) is 4.01. The van der Waals surface area contributed by atoms with Gasteiger partial charge >= 0.3 is 12.1 Å². The highest BCUT2D eigenvalue weighted by Crippen LogP contribution is 2.44. The maximum absolute atomic E-state index is 13.5. The molecule has 2 unspecified atom stereocenters. The lowest BCUT2D eigenvalue weighted by molar-refractivity contribution is -0.140. The zero-order chi connectivity index (χ0) is 23.2. The zero-order valence-corrected chi connectivity index (χ0v) is 17.4. The van der Waals surface area contributed by atoms with Gasteiger partial charge in [0.1, 0.15) is 17.6 Å². The van der Waals surface area contributed by atoms with Crippen LogP contribution < -0.4 is 9.47 Å². The highest BCUT2D eigenvalue weighted by atomic mass is 19.4. The predicted molar refractivity (Wildman–Crippen MR) is 113 cm³/mol. The molecule has 170 valence electrons. The molecule has 0 saturated carbocycles. The van der Waals surface area contributed by atoms with Gasteiger partial charge in [0.05, 0.1) is 13.0 Å². The van der Waals surface area contributed by atoms with Gasteiger partial charge in [0.2, 0.25) is 0 Å². The molecule has 0 amide bonds. The number of carboxylic acid groups (broad SMARTS) is 1. The number of benzene rings is 2. The average Bonchev–Trinajstić information content (AvgIpc) is 3.37. The number of ether oxygens (including phenoxy) is 2. The van der Waals surface area contributed by atoms with E-state index in [0.29, 0.717) is 36.5 Å². The Kier molecular flexibility index (Phi) is 5.23. The van der Waals surface area contributed by atoms with Crippen LogP contribution in [0.25, 0.3) is 11.1 Å². The Morgan fingerprint density at radius 1 is 1.12 bits per heavy atom. The molecular formula is C25H20F3NO4. The average molecular weight is 455 g/mol. The van der Waals surface area contributed by atoms with E-state index in [-0.39, 0.29) is 24.0 Å². The minimum atomic E-state index is -4.54. The molecule has 2 aromatic carbocycles. The Labute approximate surface area is 187 Å². The summed E-state index contributed by atoms with van der Waals surface area (Å²) >= 11 is 0. The summed E-state index contributed by atoms with van der Waals surface area (Å²) in [6.45, 7) is 0.313. The summed E-state index contributed by atoms with van der Waals surface area (Å²) in [5.74, 6) is 0.113. The zero-order valence-electron chi connectivity index (χ0n) is 17.4. The maximum atomic E-state index is 13.5. The van der Waals surface area contributed by atoms with Gasteiger partial charge in [0.25, 0.3) is 0 Å². The number of pyridine rings is 1. The lowest BCUT2D eigenvalue weighted by atomic mass is 9.95. The SMILES string of the molecule is O=C(O)CC1COc2cc(OC3CCc4c(-c5cccnc5C(F)(F)F)cccc43)ccc21. The number of alkyl halides is 3. The lowest BCUT2D eigenvalue weighted by Gasteiger charge is -2.17. The summed E-state index contributed by atoms with van der Waals surface area (Å²) in [6.07, 6.45) is -2.48. The van der Waals surface area contributed by atoms with Crippen LogP contribution in [0.3, 0.4) is 0 Å². The third-order valence-electron chi connectivity index (χ3n) is 6.15. The summed E-state index contributed by atoms with van der Waals surface area (Å²) < 4.78 is 52.4. The van der Waals surface area contributed by atoms with Gasteiger partial charge in [-0.1, -0.05) is 30.3 Å². The molecule has 2 atom stereocenters. The number of halogens is 3. The number of aromatic nitrogens is 1. The van der Waals surface area contributed by atoms with E-state index >= 15 is 0 Å². The van der Waals surface area contributed by atoms with Crippen molar-refractivity contribution in [2.45, 2.75) is 37.5 Å². The minimum absolute atomic E-state index is 0.000236. The first kappa shape index (κ1) is 21.3. The van der Waals surface area contributed by atoms with Crippen LogP contribution in [0.2, 0.25) is 0 Å². The molecule has 2 aliphatic rings. The van der Waals surface area contributed by atoms with Crippen LogP contribution in [0.4, 0.5) is 13.2 Å². The van der Waals surface area contributed by atoms with Crippen molar-refractivity contribution in [1.29, 1.82) is 0 Å². The number of aliphatic carboxylic acids is 1. The monoisotopic (exact) mass is 455 g/mol. The summed E-state index contributed by atoms with van der Waals surface area (Å²) in [4.78, 5) is 14.6. The molecular weight excluding hydrogens is 435 g/mol. The van der Waals surface area contributed by atoms with Gasteiger partial charge in [-0.25, -0.2) is 0 Å². The molecule has 0 spiro atoms. The van der Waals surface area contributed by atoms with E-state index in [1.54, 1.807) is 24.3 Å². The Hall–Kier alpha value is -3.55. The first-order valence-electron chi connectivity index (χ1n) is 10.6. The second-order valence-corrected chi connectivity index (χ2v) is 8.22. The second-order valence-electron chi connectivity index (χ2n) is 8.22. The van der Waals surface area contributed by atoms with E-state index in [4.69, 9.17) is 14.6 Å². The number of nitrogens with zero attached hydrogens (tertiary/aromatic N) is 1. The largest absolute Gasteiger partial charge is 0.492 e. The number of rotatable bonds is 5. The Morgan fingerprint density at radius 3 is 2.73 bits per heavy atom. The van der Waals surface area contributed by atoms with Crippen LogP contribution in [0, 0.1) is 0 Å². The van der Waals surface area contributed by atoms with Crippen LogP contribution in [0.5, 0.6) is 11.5 Å². The van der Waals surface area contributed by atoms with Crippen molar-refractivity contribution in [2.75, 3.05) is 6.61 Å². The molecule has 1 aliphatic heterocycles. The van der Waals surface area contributed by atoms with Gasteiger partial charge < -0.3 is 14.6 Å². The maximum Gasteiger partial charge on any atom is 0.433 e. The molecule has 33 heavy (non-hydrogen) atoms. The fourth-order valence-electron chi connectivity index (χ4n) is 4.71. The molecule has 1 aliphatic carbocycles. The molecule has 3 aromatic rings. The molecule has 2 heterocycles. The first-order chi connectivity index (χ1) is 15.8. The molecule has 1 aromatic heterocycles. The highest BCUT2D eigenvalue weighted by molar-refractivity contribution is 5.72. The Bertz CT molecular complexity index is 1220. The summed E-state index contributed by atoms with van der Waals surface area (Å²) in [7, 11) is 0. The molecule has 0 radical (unpaired) electrons. The molecule has 0 saturated heterocycles. The van der Waals surface area contributed by atoms with Gasteiger partial charge in [0, 0.05) is 29.3 Å². The smallest absolute Gasteiger partial charge is 0.433 e. The molecule has 0 bridgehead atoms. The third-order valence-corrected chi connectivity index (χ3v) is 6.15. The van der Waals surface area contributed by atoms with Gasteiger partial charge in [-0.3, -0.25) is 9.78 Å². The Balaban J connectivity index is 1.42. The van der Waals surface area contributed by atoms with Crippen LogP contribution in [-0.2, 0) is 17.4 Å². The van der Waals surface area contributed by atoms with E-state index in [9.17, 15) is 18.0 Å². The van der Waals surface area contributed by atoms with Crippen molar-refractivity contribution in [2.24, 2.45) is 0 Å². The quantitative estimate of drug-likeness (QED) is 0.528. The van der Waals surface area contributed by atoms with E-state index < -0.39 is 17.8 Å². The summed E-state index contributed by atoms with van der Waals surface area (Å²) in [6, 6.07) is 13.6. The fraction of sp³-hybridized carbons (Fsp3) is 0.280. The number of carboxylic acids is 1. The number of hydrogen-bond acceptors (Lipinski definition) is 4. The van der Waals surface area contributed by atoms with E-state index in [2.05, 4.69) is 4.98 Å². The number of hydrogen-bond donors (Lipinski definition) is 1. The van der Waals surface area contributed by atoms with Crippen LogP contribution in [0.1, 0.15) is 47.2 Å².